The Hall–Kier alpha value is -1.83. The van der Waals surface area contributed by atoms with E-state index in [1.807, 2.05) is 19.3 Å². The lowest BCUT2D eigenvalue weighted by Gasteiger charge is -2.29. The third-order valence-corrected chi connectivity index (χ3v) is 3.79. The largest absolute Gasteiger partial charge is 0.354 e. The lowest BCUT2D eigenvalue weighted by molar-refractivity contribution is -0.129. The Bertz CT molecular complexity index is 480. The molecule has 2 rings (SSSR count). The number of nitriles is 1. The molecular formula is C14H20N4O. The summed E-state index contributed by atoms with van der Waals surface area (Å²) < 4.78 is 1.75. The second-order valence-corrected chi connectivity index (χ2v) is 5.24. The van der Waals surface area contributed by atoms with Gasteiger partial charge in [0.1, 0.15) is 5.41 Å². The van der Waals surface area contributed by atoms with Crippen molar-refractivity contribution in [2.75, 3.05) is 6.54 Å². The van der Waals surface area contributed by atoms with Crippen LogP contribution in [0.15, 0.2) is 12.3 Å². The van der Waals surface area contributed by atoms with Gasteiger partial charge < -0.3 is 5.32 Å². The quantitative estimate of drug-likeness (QED) is 0.893. The molecule has 0 bridgehead atoms. The fourth-order valence-electron chi connectivity index (χ4n) is 2.61. The molecule has 102 valence electrons. The van der Waals surface area contributed by atoms with Crippen molar-refractivity contribution in [3.8, 4) is 6.07 Å². The van der Waals surface area contributed by atoms with Gasteiger partial charge in [-0.15, -0.1) is 0 Å². The molecule has 0 aromatic carbocycles. The van der Waals surface area contributed by atoms with Gasteiger partial charge in [-0.2, -0.15) is 10.4 Å². The zero-order valence-corrected chi connectivity index (χ0v) is 11.4. The Labute approximate surface area is 113 Å². The number of amides is 1. The molecule has 0 unspecified atom stereocenters. The number of carbonyl (C=O) groups is 1. The van der Waals surface area contributed by atoms with Gasteiger partial charge in [-0.25, -0.2) is 0 Å². The molecule has 1 aliphatic carbocycles. The number of hydrogen-bond donors (Lipinski definition) is 1. The predicted molar refractivity (Wildman–Crippen MR) is 71.1 cm³/mol. The van der Waals surface area contributed by atoms with E-state index in [-0.39, 0.29) is 5.91 Å². The average Bonchev–Trinajstić information content (AvgIpc) is 2.85. The molecule has 1 amide bonds. The van der Waals surface area contributed by atoms with E-state index in [2.05, 4.69) is 16.5 Å². The van der Waals surface area contributed by atoms with Gasteiger partial charge in [0.05, 0.1) is 11.8 Å². The average molecular weight is 260 g/mol. The first kappa shape index (κ1) is 13.6. The van der Waals surface area contributed by atoms with Gasteiger partial charge in [-0.3, -0.25) is 9.48 Å². The van der Waals surface area contributed by atoms with Crippen molar-refractivity contribution in [2.45, 2.75) is 38.5 Å². The molecule has 19 heavy (non-hydrogen) atoms. The zero-order valence-electron chi connectivity index (χ0n) is 11.4. The topological polar surface area (TPSA) is 70.7 Å². The molecule has 0 spiro atoms. The number of nitrogens with one attached hydrogen (secondary N) is 1. The normalized spacial score (nSPS) is 17.7. The highest BCUT2D eigenvalue weighted by molar-refractivity contribution is 5.85. The zero-order chi connectivity index (χ0) is 13.7. The molecule has 1 fully saturated rings. The molecule has 1 heterocycles. The van der Waals surface area contributed by atoms with Crippen LogP contribution in [-0.2, 0) is 18.3 Å². The maximum absolute atomic E-state index is 12.2. The summed E-state index contributed by atoms with van der Waals surface area (Å²) in [7, 11) is 1.87. The summed E-state index contributed by atoms with van der Waals surface area (Å²) in [4.78, 5) is 12.2. The molecule has 1 saturated carbocycles. The van der Waals surface area contributed by atoms with E-state index in [0.717, 1.165) is 25.0 Å². The third-order valence-electron chi connectivity index (χ3n) is 3.79. The maximum atomic E-state index is 12.2. The highest BCUT2D eigenvalue weighted by Crippen LogP contribution is 2.35. The van der Waals surface area contributed by atoms with E-state index < -0.39 is 5.41 Å². The Kier molecular flexibility index (Phi) is 4.20. The van der Waals surface area contributed by atoms with Crippen LogP contribution in [0.1, 0.15) is 37.8 Å². The molecule has 0 aliphatic heterocycles. The maximum Gasteiger partial charge on any atom is 0.240 e. The smallest absolute Gasteiger partial charge is 0.240 e. The predicted octanol–water partition coefficient (Wildman–Crippen LogP) is 1.55. The highest BCUT2D eigenvalue weighted by Gasteiger charge is 2.39. The molecule has 5 nitrogen and oxygen atoms in total. The molecule has 5 heteroatoms. The van der Waals surface area contributed by atoms with Crippen molar-refractivity contribution in [3.05, 3.63) is 18.0 Å². The van der Waals surface area contributed by atoms with Crippen molar-refractivity contribution in [2.24, 2.45) is 12.5 Å². The SMILES string of the molecule is Cn1ccc(CCNC(=O)C2(C#N)CCCCC2)n1. The van der Waals surface area contributed by atoms with E-state index in [9.17, 15) is 10.1 Å². The summed E-state index contributed by atoms with van der Waals surface area (Å²) in [5.74, 6) is -0.106. The lowest BCUT2D eigenvalue weighted by atomic mass is 9.74. The van der Waals surface area contributed by atoms with Crippen LogP contribution in [0, 0.1) is 16.7 Å². The summed E-state index contributed by atoms with van der Waals surface area (Å²) in [5.41, 5.74) is 0.167. The summed E-state index contributed by atoms with van der Waals surface area (Å²) >= 11 is 0. The van der Waals surface area contributed by atoms with Gasteiger partial charge in [0.15, 0.2) is 0 Å². The Balaban J connectivity index is 1.85. The summed E-state index contributed by atoms with van der Waals surface area (Å²) in [6.07, 6.45) is 7.05. The number of aromatic nitrogens is 2. The van der Waals surface area contributed by atoms with Gasteiger partial charge in [0, 0.05) is 26.2 Å². The molecule has 1 aromatic rings. The Morgan fingerprint density at radius 1 is 1.53 bits per heavy atom. The fourth-order valence-corrected chi connectivity index (χ4v) is 2.61. The number of hydrogen-bond acceptors (Lipinski definition) is 3. The minimum Gasteiger partial charge on any atom is -0.354 e. The van der Waals surface area contributed by atoms with E-state index in [0.29, 0.717) is 25.8 Å². The first-order valence-electron chi connectivity index (χ1n) is 6.84. The van der Waals surface area contributed by atoms with Gasteiger partial charge in [-0.1, -0.05) is 19.3 Å². The van der Waals surface area contributed by atoms with Crippen LogP contribution in [0.2, 0.25) is 0 Å². The number of carbonyl (C=O) groups excluding carboxylic acids is 1. The minimum absolute atomic E-state index is 0.106. The van der Waals surface area contributed by atoms with Gasteiger partial charge in [0.25, 0.3) is 0 Å². The first-order chi connectivity index (χ1) is 9.16. The molecule has 1 aromatic heterocycles. The molecule has 0 saturated heterocycles. The van der Waals surface area contributed by atoms with Crippen LogP contribution < -0.4 is 5.32 Å². The van der Waals surface area contributed by atoms with Gasteiger partial charge >= 0.3 is 0 Å². The van der Waals surface area contributed by atoms with Gasteiger partial charge in [-0.05, 0) is 18.9 Å². The van der Waals surface area contributed by atoms with Crippen LogP contribution in [0.3, 0.4) is 0 Å². The van der Waals surface area contributed by atoms with Gasteiger partial charge in [0.2, 0.25) is 5.91 Å². The molecule has 1 aliphatic rings. The molecule has 1 N–H and O–H groups in total. The van der Waals surface area contributed by atoms with Crippen molar-refractivity contribution in [1.82, 2.24) is 15.1 Å². The van der Waals surface area contributed by atoms with Crippen molar-refractivity contribution < 1.29 is 4.79 Å². The van der Waals surface area contributed by atoms with E-state index in [1.54, 1.807) is 4.68 Å². The fraction of sp³-hybridized carbons (Fsp3) is 0.643. The number of nitrogens with zero attached hydrogens (tertiary/aromatic N) is 3. The molecular weight excluding hydrogens is 240 g/mol. The molecule has 0 atom stereocenters. The van der Waals surface area contributed by atoms with E-state index >= 15 is 0 Å². The van der Waals surface area contributed by atoms with Crippen LogP contribution in [0.5, 0.6) is 0 Å². The highest BCUT2D eigenvalue weighted by atomic mass is 16.2. The van der Waals surface area contributed by atoms with Crippen molar-refractivity contribution >= 4 is 5.91 Å². The number of aryl methyl sites for hydroxylation is 1. The van der Waals surface area contributed by atoms with Crippen LogP contribution >= 0.6 is 0 Å². The second-order valence-electron chi connectivity index (χ2n) is 5.24. The second kappa shape index (κ2) is 5.87. The van der Waals surface area contributed by atoms with E-state index in [4.69, 9.17) is 0 Å². The monoisotopic (exact) mass is 260 g/mol. The summed E-state index contributed by atoms with van der Waals surface area (Å²) in [6, 6.07) is 4.18. The van der Waals surface area contributed by atoms with Crippen LogP contribution in [-0.4, -0.2) is 22.2 Å². The van der Waals surface area contributed by atoms with Crippen molar-refractivity contribution in [1.29, 1.82) is 5.26 Å². The lowest BCUT2D eigenvalue weighted by Crippen LogP contribution is -2.42. The Morgan fingerprint density at radius 2 is 2.26 bits per heavy atom. The van der Waals surface area contributed by atoms with Crippen molar-refractivity contribution in [3.63, 3.8) is 0 Å². The standard InChI is InChI=1S/C14H20N4O/c1-18-10-6-12(17-18)5-9-16-13(19)14(11-15)7-3-2-4-8-14/h6,10H,2-5,7-9H2,1H3,(H,16,19). The third kappa shape index (κ3) is 3.14. The van der Waals surface area contributed by atoms with E-state index in [1.165, 1.54) is 0 Å². The Morgan fingerprint density at radius 3 is 2.84 bits per heavy atom. The summed E-state index contributed by atoms with van der Waals surface area (Å²) in [6.45, 7) is 0.541. The first-order valence-corrected chi connectivity index (χ1v) is 6.84. The van der Waals surface area contributed by atoms with Crippen LogP contribution in [0.4, 0.5) is 0 Å². The molecule has 0 radical (unpaired) electrons. The van der Waals surface area contributed by atoms with Crippen LogP contribution in [0.25, 0.3) is 0 Å². The minimum atomic E-state index is -0.789. The summed E-state index contributed by atoms with van der Waals surface area (Å²) in [5, 5.41) is 16.5. The number of rotatable bonds is 4.